The van der Waals surface area contributed by atoms with Crippen molar-refractivity contribution in [2.45, 2.75) is 27.7 Å². The van der Waals surface area contributed by atoms with E-state index in [1.807, 2.05) is 41.6 Å². The molecule has 0 spiro atoms. The highest BCUT2D eigenvalue weighted by Crippen LogP contribution is 2.30. The molecule has 0 atom stereocenters. The van der Waals surface area contributed by atoms with Crippen LogP contribution in [0.4, 0.5) is 16.3 Å². The minimum absolute atomic E-state index is 0.141. The lowest BCUT2D eigenvalue weighted by molar-refractivity contribution is 0.208. The molecule has 5 rings (SSSR count). The van der Waals surface area contributed by atoms with E-state index in [-0.39, 0.29) is 6.03 Å². The molecule has 186 valence electrons. The summed E-state index contributed by atoms with van der Waals surface area (Å²) in [6.07, 6.45) is 0. The topological polar surface area (TPSA) is 88.4 Å². The standard InChI is InChI=1S/C27H31N7O2/c1-17-6-9-21(10-7-17)34-20(4)24-19(3)29-30-26(25(24)31-34)32-12-14-33(15-13-32)27(35)28-22-16-18(2)8-11-23(22)36-5/h6-11,16H,12-15H2,1-5H3,(H,28,35). The lowest BCUT2D eigenvalue weighted by atomic mass is 10.2. The van der Waals surface area contributed by atoms with Gasteiger partial charge >= 0.3 is 6.03 Å². The number of aromatic nitrogens is 4. The van der Waals surface area contributed by atoms with E-state index in [0.717, 1.165) is 39.4 Å². The van der Waals surface area contributed by atoms with Gasteiger partial charge in [-0.25, -0.2) is 9.48 Å². The minimum atomic E-state index is -0.141. The second-order valence-corrected chi connectivity index (χ2v) is 9.27. The molecule has 2 aromatic heterocycles. The van der Waals surface area contributed by atoms with E-state index >= 15 is 0 Å². The van der Waals surface area contributed by atoms with Crippen molar-refractivity contribution in [1.29, 1.82) is 0 Å². The van der Waals surface area contributed by atoms with Crippen LogP contribution in [0.3, 0.4) is 0 Å². The summed E-state index contributed by atoms with van der Waals surface area (Å²) < 4.78 is 7.36. The number of hydrogen-bond acceptors (Lipinski definition) is 6. The first kappa shape index (κ1) is 23.6. The van der Waals surface area contributed by atoms with Crippen molar-refractivity contribution in [3.63, 3.8) is 0 Å². The predicted octanol–water partition coefficient (Wildman–Crippen LogP) is 4.41. The van der Waals surface area contributed by atoms with Crippen LogP contribution in [0.25, 0.3) is 16.6 Å². The van der Waals surface area contributed by atoms with Crippen molar-refractivity contribution in [2.75, 3.05) is 43.5 Å². The summed E-state index contributed by atoms with van der Waals surface area (Å²) in [5.41, 5.74) is 6.67. The molecule has 0 aliphatic carbocycles. The van der Waals surface area contributed by atoms with Crippen LogP contribution in [0.1, 0.15) is 22.5 Å². The van der Waals surface area contributed by atoms with Gasteiger partial charge < -0.3 is 19.9 Å². The van der Waals surface area contributed by atoms with Gasteiger partial charge in [-0.2, -0.15) is 10.2 Å². The van der Waals surface area contributed by atoms with E-state index < -0.39 is 0 Å². The first-order chi connectivity index (χ1) is 17.4. The number of aryl methyl sites for hydroxylation is 4. The number of carbonyl (C=O) groups excluding carboxylic acids is 1. The highest BCUT2D eigenvalue weighted by Gasteiger charge is 2.26. The fourth-order valence-electron chi connectivity index (χ4n) is 4.70. The molecule has 1 N–H and O–H groups in total. The minimum Gasteiger partial charge on any atom is -0.495 e. The van der Waals surface area contributed by atoms with Gasteiger partial charge in [-0.15, -0.1) is 5.10 Å². The van der Waals surface area contributed by atoms with Crippen LogP contribution in [0.15, 0.2) is 42.5 Å². The Morgan fingerprint density at radius 1 is 0.917 bits per heavy atom. The maximum absolute atomic E-state index is 13.0. The van der Waals surface area contributed by atoms with Crippen LogP contribution in [0.5, 0.6) is 5.75 Å². The number of nitrogens with zero attached hydrogens (tertiary/aromatic N) is 6. The zero-order valence-electron chi connectivity index (χ0n) is 21.4. The molecule has 0 bridgehead atoms. The normalized spacial score (nSPS) is 13.8. The maximum atomic E-state index is 13.0. The molecule has 1 saturated heterocycles. The van der Waals surface area contributed by atoms with Crippen LogP contribution < -0.4 is 15.0 Å². The van der Waals surface area contributed by atoms with Gasteiger partial charge in [0.25, 0.3) is 0 Å². The molecule has 1 aliphatic heterocycles. The monoisotopic (exact) mass is 485 g/mol. The first-order valence-electron chi connectivity index (χ1n) is 12.1. The molecule has 2 aromatic carbocycles. The van der Waals surface area contributed by atoms with Crippen molar-refractivity contribution in [3.05, 3.63) is 65.0 Å². The molecule has 3 heterocycles. The molecule has 1 fully saturated rings. The van der Waals surface area contributed by atoms with Crippen LogP contribution in [-0.2, 0) is 0 Å². The van der Waals surface area contributed by atoms with Gasteiger partial charge in [-0.1, -0.05) is 23.8 Å². The average Bonchev–Trinajstić information content (AvgIpc) is 3.23. The van der Waals surface area contributed by atoms with Gasteiger partial charge in [0.05, 0.1) is 35.3 Å². The Bertz CT molecular complexity index is 1420. The number of carbonyl (C=O) groups is 1. The number of piperazine rings is 1. The van der Waals surface area contributed by atoms with Crippen LogP contribution >= 0.6 is 0 Å². The fraction of sp³-hybridized carbons (Fsp3) is 0.333. The fourth-order valence-corrected chi connectivity index (χ4v) is 4.70. The smallest absolute Gasteiger partial charge is 0.322 e. The highest BCUT2D eigenvalue weighted by atomic mass is 16.5. The van der Waals surface area contributed by atoms with Gasteiger partial charge in [-0.3, -0.25) is 0 Å². The molecule has 9 heteroatoms. The molecule has 2 amide bonds. The van der Waals surface area contributed by atoms with Crippen LogP contribution in [-0.4, -0.2) is 64.2 Å². The molecular weight excluding hydrogens is 454 g/mol. The summed E-state index contributed by atoms with van der Waals surface area (Å²) in [5.74, 6) is 1.40. The lowest BCUT2D eigenvalue weighted by Crippen LogP contribution is -2.50. The molecule has 4 aromatic rings. The van der Waals surface area contributed by atoms with Gasteiger partial charge in [0.1, 0.15) is 11.3 Å². The molecule has 0 unspecified atom stereocenters. The summed E-state index contributed by atoms with van der Waals surface area (Å²) in [5, 5.41) is 17.9. The number of fused-ring (bicyclic) bond motifs is 1. The lowest BCUT2D eigenvalue weighted by Gasteiger charge is -2.35. The number of rotatable bonds is 4. The second-order valence-electron chi connectivity index (χ2n) is 9.27. The summed E-state index contributed by atoms with van der Waals surface area (Å²) in [7, 11) is 1.60. The van der Waals surface area contributed by atoms with Gasteiger partial charge in [0, 0.05) is 26.2 Å². The van der Waals surface area contributed by atoms with Gasteiger partial charge in [-0.05, 0) is 57.5 Å². The summed E-state index contributed by atoms with van der Waals surface area (Å²) in [6.45, 7) is 10.5. The van der Waals surface area contributed by atoms with Crippen molar-refractivity contribution < 1.29 is 9.53 Å². The number of benzene rings is 2. The van der Waals surface area contributed by atoms with E-state index in [1.54, 1.807) is 7.11 Å². The van der Waals surface area contributed by atoms with Gasteiger partial charge in [0.2, 0.25) is 0 Å². The Balaban J connectivity index is 1.36. The largest absolute Gasteiger partial charge is 0.495 e. The Morgan fingerprint density at radius 3 is 2.31 bits per heavy atom. The van der Waals surface area contributed by atoms with E-state index in [2.05, 4.69) is 58.5 Å². The van der Waals surface area contributed by atoms with E-state index in [4.69, 9.17) is 9.84 Å². The van der Waals surface area contributed by atoms with E-state index in [9.17, 15) is 4.79 Å². The summed E-state index contributed by atoms with van der Waals surface area (Å²) in [4.78, 5) is 17.0. The predicted molar refractivity (Wildman–Crippen MR) is 141 cm³/mol. The Hall–Kier alpha value is -4.14. The molecule has 9 nitrogen and oxygen atoms in total. The number of ether oxygens (including phenoxy) is 1. The summed E-state index contributed by atoms with van der Waals surface area (Å²) in [6, 6.07) is 13.9. The number of methoxy groups -OCH3 is 1. The third kappa shape index (κ3) is 4.32. The third-order valence-electron chi connectivity index (χ3n) is 6.73. The Labute approximate surface area is 210 Å². The maximum Gasteiger partial charge on any atom is 0.322 e. The quantitative estimate of drug-likeness (QED) is 0.461. The van der Waals surface area contributed by atoms with E-state index in [0.29, 0.717) is 37.6 Å². The zero-order valence-corrected chi connectivity index (χ0v) is 21.4. The molecule has 36 heavy (non-hydrogen) atoms. The number of amides is 2. The van der Waals surface area contributed by atoms with Crippen molar-refractivity contribution in [3.8, 4) is 11.4 Å². The number of urea groups is 1. The number of nitrogens with one attached hydrogen (secondary N) is 1. The van der Waals surface area contributed by atoms with E-state index in [1.165, 1.54) is 5.56 Å². The van der Waals surface area contributed by atoms with Crippen LogP contribution in [0.2, 0.25) is 0 Å². The summed E-state index contributed by atoms with van der Waals surface area (Å²) >= 11 is 0. The van der Waals surface area contributed by atoms with Gasteiger partial charge in [0.15, 0.2) is 5.82 Å². The first-order valence-corrected chi connectivity index (χ1v) is 12.1. The Kier molecular flexibility index (Phi) is 6.22. The average molecular weight is 486 g/mol. The molecule has 1 aliphatic rings. The third-order valence-corrected chi connectivity index (χ3v) is 6.73. The second kappa shape index (κ2) is 9.49. The van der Waals surface area contributed by atoms with Crippen molar-refractivity contribution in [2.24, 2.45) is 0 Å². The molecule has 0 radical (unpaired) electrons. The number of anilines is 2. The van der Waals surface area contributed by atoms with Crippen molar-refractivity contribution in [1.82, 2.24) is 24.9 Å². The van der Waals surface area contributed by atoms with Crippen molar-refractivity contribution >= 4 is 28.4 Å². The SMILES string of the molecule is COc1ccc(C)cc1NC(=O)N1CCN(c2nnc(C)c3c(C)n(-c4ccc(C)cc4)nc23)CC1. The Morgan fingerprint density at radius 2 is 1.61 bits per heavy atom. The highest BCUT2D eigenvalue weighted by molar-refractivity contribution is 5.93. The zero-order chi connectivity index (χ0) is 25.4. The molecule has 0 saturated carbocycles. The molecular formula is C27H31N7O2. The van der Waals surface area contributed by atoms with Crippen LogP contribution in [0, 0.1) is 27.7 Å². The number of hydrogen-bond donors (Lipinski definition) is 1.